The predicted octanol–water partition coefficient (Wildman–Crippen LogP) is 4.92. The Balaban J connectivity index is 1.74. The zero-order valence-electron chi connectivity index (χ0n) is 23.3. The van der Waals surface area contributed by atoms with E-state index in [9.17, 15) is 18.0 Å². The average Bonchev–Trinajstić information content (AvgIpc) is 3.47. The van der Waals surface area contributed by atoms with Gasteiger partial charge in [-0.25, -0.2) is 8.42 Å². The van der Waals surface area contributed by atoms with Gasteiger partial charge in [-0.05, 0) is 64.2 Å². The lowest BCUT2D eigenvalue weighted by Crippen LogP contribution is -2.54. The summed E-state index contributed by atoms with van der Waals surface area (Å²) in [5, 5.41) is 3.17. The first kappa shape index (κ1) is 30.6. The maximum Gasteiger partial charge on any atom is 0.244 e. The molecule has 1 N–H and O–H groups in total. The zero-order chi connectivity index (χ0) is 29.4. The quantitative estimate of drug-likeness (QED) is 0.303. The van der Waals surface area contributed by atoms with Crippen molar-refractivity contribution >= 4 is 43.5 Å². The van der Waals surface area contributed by atoms with E-state index in [1.807, 2.05) is 54.6 Å². The lowest BCUT2D eigenvalue weighted by Gasteiger charge is -2.34. The highest BCUT2D eigenvalue weighted by atomic mass is 79.9. The smallest absolute Gasteiger partial charge is 0.244 e. The molecule has 10 heteroatoms. The molecule has 1 saturated carbocycles. The molecule has 0 spiro atoms. The summed E-state index contributed by atoms with van der Waals surface area (Å²) in [4.78, 5) is 29.6. The number of nitrogens with one attached hydrogen (secondary N) is 1. The summed E-state index contributed by atoms with van der Waals surface area (Å²) < 4.78 is 32.9. The number of anilines is 1. The molecule has 3 aromatic carbocycles. The van der Waals surface area contributed by atoms with Crippen molar-refractivity contribution in [2.75, 3.05) is 24.2 Å². The summed E-state index contributed by atoms with van der Waals surface area (Å²) in [6, 6.07) is 22.9. The number of ether oxygens (including phenoxy) is 1. The van der Waals surface area contributed by atoms with Crippen LogP contribution in [0.3, 0.4) is 0 Å². The summed E-state index contributed by atoms with van der Waals surface area (Å²) >= 11 is 3.42. The van der Waals surface area contributed by atoms with Crippen molar-refractivity contribution in [2.45, 2.75) is 50.7 Å². The van der Waals surface area contributed by atoms with Gasteiger partial charge in [0.25, 0.3) is 0 Å². The van der Waals surface area contributed by atoms with Gasteiger partial charge in [0.1, 0.15) is 18.3 Å². The molecular formula is C31H36BrN3O5S. The highest BCUT2D eigenvalue weighted by Crippen LogP contribution is 2.28. The highest BCUT2D eigenvalue weighted by molar-refractivity contribution is 9.10. The lowest BCUT2D eigenvalue weighted by atomic mass is 10.0. The number of sulfonamides is 1. The minimum atomic E-state index is -3.84. The van der Waals surface area contributed by atoms with E-state index < -0.39 is 28.5 Å². The zero-order valence-corrected chi connectivity index (χ0v) is 25.7. The molecule has 0 saturated heterocycles. The lowest BCUT2D eigenvalue weighted by molar-refractivity contribution is -0.140. The molecule has 2 amide bonds. The van der Waals surface area contributed by atoms with E-state index in [0.717, 1.165) is 47.4 Å². The van der Waals surface area contributed by atoms with Gasteiger partial charge >= 0.3 is 0 Å². The van der Waals surface area contributed by atoms with Crippen LogP contribution in [0.1, 0.15) is 36.8 Å². The van der Waals surface area contributed by atoms with Crippen molar-refractivity contribution in [2.24, 2.45) is 0 Å². The average molecular weight is 643 g/mol. The van der Waals surface area contributed by atoms with E-state index in [2.05, 4.69) is 21.2 Å². The summed E-state index contributed by atoms with van der Waals surface area (Å²) in [5.74, 6) is -0.115. The third kappa shape index (κ3) is 8.33. The Bertz CT molecular complexity index is 1440. The summed E-state index contributed by atoms with van der Waals surface area (Å²) in [6.45, 7) is -0.368. The van der Waals surface area contributed by atoms with Crippen LogP contribution < -0.4 is 14.4 Å². The second kappa shape index (κ2) is 14.0. The Labute approximate surface area is 250 Å². The topological polar surface area (TPSA) is 96.0 Å². The van der Waals surface area contributed by atoms with Gasteiger partial charge in [-0.1, -0.05) is 67.4 Å². The van der Waals surface area contributed by atoms with Gasteiger partial charge in [0.05, 0.1) is 19.1 Å². The van der Waals surface area contributed by atoms with E-state index in [4.69, 9.17) is 4.74 Å². The fraction of sp³-hybridized carbons (Fsp3) is 0.355. The third-order valence-electron chi connectivity index (χ3n) is 7.26. The number of methoxy groups -OCH3 is 1. The van der Waals surface area contributed by atoms with Crippen LogP contribution in [0.4, 0.5) is 5.69 Å². The van der Waals surface area contributed by atoms with E-state index in [1.54, 1.807) is 31.4 Å². The molecule has 218 valence electrons. The molecule has 1 atom stereocenters. The number of benzene rings is 3. The number of hydrogen-bond acceptors (Lipinski definition) is 5. The minimum Gasteiger partial charge on any atom is -0.497 e. The van der Waals surface area contributed by atoms with Crippen molar-refractivity contribution in [3.05, 3.63) is 94.5 Å². The van der Waals surface area contributed by atoms with Crippen LogP contribution in [0.25, 0.3) is 0 Å². The van der Waals surface area contributed by atoms with Gasteiger partial charge < -0.3 is 15.0 Å². The molecule has 4 rings (SSSR count). The van der Waals surface area contributed by atoms with Crippen molar-refractivity contribution in [3.8, 4) is 5.75 Å². The predicted molar refractivity (Wildman–Crippen MR) is 164 cm³/mol. The normalized spacial score (nSPS) is 14.3. The van der Waals surface area contributed by atoms with Crippen LogP contribution in [0.2, 0.25) is 0 Å². The number of carbonyl (C=O) groups excluding carboxylic acids is 2. The van der Waals surface area contributed by atoms with Gasteiger partial charge in [-0.3, -0.25) is 13.9 Å². The number of amides is 2. The SMILES string of the molecule is COc1cccc(CN(C(=O)CN(c2ccccc2Br)S(C)(=O)=O)[C@@H](Cc2ccccc2)C(=O)NC2CCCC2)c1. The van der Waals surface area contributed by atoms with E-state index in [-0.39, 0.29) is 24.9 Å². The Hall–Kier alpha value is -3.37. The van der Waals surface area contributed by atoms with E-state index >= 15 is 0 Å². The standard InChI is InChI=1S/C31H36BrN3O5S/c1-40-26-16-10-13-24(19-26)21-34(30(36)22-35(41(2,38)39)28-18-9-8-17-27(28)32)29(20-23-11-4-3-5-12-23)31(37)33-25-14-6-7-15-25/h3-5,8-13,16-19,25,29H,6-7,14-15,20-22H2,1-2H3,(H,33,37)/t29-/m0/s1. The Morgan fingerprint density at radius 1 is 0.976 bits per heavy atom. The van der Waals surface area contributed by atoms with Crippen LogP contribution >= 0.6 is 15.9 Å². The third-order valence-corrected chi connectivity index (χ3v) is 9.06. The molecule has 1 aliphatic rings. The molecule has 0 bridgehead atoms. The highest BCUT2D eigenvalue weighted by Gasteiger charge is 2.34. The monoisotopic (exact) mass is 641 g/mol. The van der Waals surface area contributed by atoms with Crippen LogP contribution in [0, 0.1) is 0 Å². The summed E-state index contributed by atoms with van der Waals surface area (Å²) in [5.41, 5.74) is 2.00. The van der Waals surface area contributed by atoms with Gasteiger partial charge in [-0.15, -0.1) is 0 Å². The first-order valence-corrected chi connectivity index (χ1v) is 16.3. The van der Waals surface area contributed by atoms with Crippen LogP contribution in [-0.4, -0.2) is 57.1 Å². The Morgan fingerprint density at radius 3 is 2.29 bits per heavy atom. The van der Waals surface area contributed by atoms with Gasteiger partial charge in [0.15, 0.2) is 0 Å². The minimum absolute atomic E-state index is 0.0577. The molecule has 3 aromatic rings. The van der Waals surface area contributed by atoms with Crippen molar-refractivity contribution in [3.63, 3.8) is 0 Å². The maximum atomic E-state index is 14.2. The second-order valence-electron chi connectivity index (χ2n) is 10.3. The fourth-order valence-electron chi connectivity index (χ4n) is 5.14. The molecule has 0 radical (unpaired) electrons. The van der Waals surface area contributed by atoms with Crippen molar-refractivity contribution < 1.29 is 22.7 Å². The molecule has 0 unspecified atom stereocenters. The Morgan fingerprint density at radius 2 is 1.63 bits per heavy atom. The molecule has 0 heterocycles. The molecular weight excluding hydrogens is 606 g/mol. The molecule has 0 aliphatic heterocycles. The van der Waals surface area contributed by atoms with Crippen molar-refractivity contribution in [1.29, 1.82) is 0 Å². The number of carbonyl (C=O) groups is 2. The first-order valence-electron chi connectivity index (χ1n) is 13.6. The second-order valence-corrected chi connectivity index (χ2v) is 13.1. The maximum absolute atomic E-state index is 14.2. The fourth-order valence-corrected chi connectivity index (χ4v) is 6.62. The number of rotatable bonds is 12. The Kier molecular flexibility index (Phi) is 10.4. The van der Waals surface area contributed by atoms with E-state index in [0.29, 0.717) is 15.9 Å². The largest absolute Gasteiger partial charge is 0.497 e. The number of para-hydroxylation sites is 1. The van der Waals surface area contributed by atoms with Gasteiger partial charge in [0.2, 0.25) is 21.8 Å². The van der Waals surface area contributed by atoms with Crippen LogP contribution in [0.5, 0.6) is 5.75 Å². The molecule has 1 aliphatic carbocycles. The van der Waals surface area contributed by atoms with Gasteiger partial charge in [-0.2, -0.15) is 0 Å². The van der Waals surface area contributed by atoms with E-state index in [1.165, 1.54) is 4.90 Å². The number of hydrogen-bond donors (Lipinski definition) is 1. The summed E-state index contributed by atoms with van der Waals surface area (Å²) in [7, 11) is -2.27. The molecule has 41 heavy (non-hydrogen) atoms. The first-order chi connectivity index (χ1) is 19.7. The molecule has 0 aromatic heterocycles. The van der Waals surface area contributed by atoms with Crippen LogP contribution in [-0.2, 0) is 32.6 Å². The van der Waals surface area contributed by atoms with Crippen LogP contribution in [0.15, 0.2) is 83.3 Å². The van der Waals surface area contributed by atoms with Gasteiger partial charge in [0, 0.05) is 23.5 Å². The van der Waals surface area contributed by atoms with Crippen molar-refractivity contribution in [1.82, 2.24) is 10.2 Å². The number of halogens is 1. The molecule has 8 nitrogen and oxygen atoms in total. The molecule has 1 fully saturated rings. The number of nitrogens with zero attached hydrogens (tertiary/aromatic N) is 2. The summed E-state index contributed by atoms with van der Waals surface area (Å²) in [6.07, 6.45) is 5.25.